The van der Waals surface area contributed by atoms with Crippen LogP contribution in [0.15, 0.2) is 52.5 Å². The number of aromatic amines is 1. The third-order valence-electron chi connectivity index (χ3n) is 5.25. The Morgan fingerprint density at radius 3 is 2.70 bits per heavy atom. The van der Waals surface area contributed by atoms with Crippen LogP contribution in [0.3, 0.4) is 0 Å². The Kier molecular flexibility index (Phi) is 6.39. The number of aromatic nitrogens is 2. The van der Waals surface area contributed by atoms with Crippen LogP contribution in [0.5, 0.6) is 11.5 Å². The highest BCUT2D eigenvalue weighted by atomic mass is 79.9. The molecular formula is C23H21BrN4O4S. The molecule has 1 atom stereocenters. The van der Waals surface area contributed by atoms with Gasteiger partial charge in [-0.1, -0.05) is 30.3 Å². The first-order valence-electron chi connectivity index (χ1n) is 10.1. The minimum absolute atomic E-state index is 0.0566. The average Bonchev–Trinajstić information content (AvgIpc) is 2.80. The Morgan fingerprint density at radius 1 is 1.30 bits per heavy atom. The van der Waals surface area contributed by atoms with E-state index >= 15 is 0 Å². The first-order chi connectivity index (χ1) is 15.8. The van der Waals surface area contributed by atoms with Gasteiger partial charge in [-0.25, -0.2) is 9.78 Å². The van der Waals surface area contributed by atoms with Crippen molar-refractivity contribution in [1.29, 1.82) is 0 Å². The predicted octanol–water partition coefficient (Wildman–Crippen LogP) is 4.73. The maximum absolute atomic E-state index is 13.4. The van der Waals surface area contributed by atoms with Crippen LogP contribution in [-0.4, -0.2) is 34.8 Å². The van der Waals surface area contributed by atoms with E-state index in [1.54, 1.807) is 19.1 Å². The molecule has 0 amide bonds. The Balaban J connectivity index is 2.09. The average molecular weight is 529 g/mol. The lowest BCUT2D eigenvalue weighted by Crippen LogP contribution is -2.27. The van der Waals surface area contributed by atoms with E-state index in [1.807, 2.05) is 30.3 Å². The van der Waals surface area contributed by atoms with Gasteiger partial charge in [0.2, 0.25) is 0 Å². The number of nitrogens with one attached hydrogen (secondary N) is 2. The molecule has 0 radical (unpaired) electrons. The number of nitrogen functional groups attached to an aromatic ring is 1. The highest BCUT2D eigenvalue weighted by Gasteiger charge is 2.38. The van der Waals surface area contributed by atoms with Gasteiger partial charge in [0.1, 0.15) is 11.6 Å². The van der Waals surface area contributed by atoms with Gasteiger partial charge >= 0.3 is 5.97 Å². The van der Waals surface area contributed by atoms with Crippen LogP contribution in [0.1, 0.15) is 29.5 Å². The molecule has 0 saturated carbocycles. The second kappa shape index (κ2) is 9.24. The highest BCUT2D eigenvalue weighted by molar-refractivity contribution is 9.10. The Bertz CT molecular complexity index is 1320. The first-order valence-corrected chi connectivity index (χ1v) is 11.3. The summed E-state index contributed by atoms with van der Waals surface area (Å²) in [6.45, 7) is 1.94. The summed E-state index contributed by atoms with van der Waals surface area (Å²) in [5, 5.41) is 13.6. The number of benzene rings is 2. The van der Waals surface area contributed by atoms with Gasteiger partial charge < -0.3 is 30.6 Å². The van der Waals surface area contributed by atoms with Gasteiger partial charge in [-0.15, -0.1) is 0 Å². The van der Waals surface area contributed by atoms with Crippen LogP contribution in [0.2, 0.25) is 0 Å². The number of nitrogens with zero attached hydrogens (tertiary/aromatic N) is 1. The van der Waals surface area contributed by atoms with Crippen molar-refractivity contribution >= 4 is 51.4 Å². The number of aromatic hydroxyl groups is 1. The molecule has 1 aliphatic heterocycles. The topological polar surface area (TPSA) is 122 Å². The van der Waals surface area contributed by atoms with Crippen LogP contribution in [0.25, 0.3) is 5.70 Å². The lowest BCUT2D eigenvalue weighted by atomic mass is 9.80. The number of carbonyl (C=O) groups excluding carboxylic acids is 1. The number of methoxy groups -OCH3 is 1. The molecule has 170 valence electrons. The molecule has 0 bridgehead atoms. The highest BCUT2D eigenvalue weighted by Crippen LogP contribution is 2.48. The molecule has 5 N–H and O–H groups in total. The van der Waals surface area contributed by atoms with Gasteiger partial charge in [-0.05, 0) is 58.3 Å². The molecule has 1 aliphatic rings. The Hall–Kier alpha value is -3.37. The van der Waals surface area contributed by atoms with Crippen molar-refractivity contribution < 1.29 is 19.4 Å². The smallest absolute Gasteiger partial charge is 0.337 e. The van der Waals surface area contributed by atoms with Crippen molar-refractivity contribution in [2.24, 2.45) is 0 Å². The zero-order valence-electron chi connectivity index (χ0n) is 17.8. The van der Waals surface area contributed by atoms with Crippen molar-refractivity contribution in [3.63, 3.8) is 0 Å². The van der Waals surface area contributed by atoms with Crippen molar-refractivity contribution in [3.05, 3.63) is 74.0 Å². The van der Waals surface area contributed by atoms with Gasteiger partial charge in [0.05, 0.1) is 35.4 Å². The van der Waals surface area contributed by atoms with Crippen LogP contribution in [-0.2, 0) is 9.53 Å². The fourth-order valence-corrected chi connectivity index (χ4v) is 4.53. The molecule has 10 heteroatoms. The number of ether oxygens (including phenoxy) is 2. The van der Waals surface area contributed by atoms with Crippen LogP contribution in [0, 0.1) is 4.77 Å². The number of phenolic OH excluding ortho intramolecular Hbond substituents is 1. The molecule has 0 aliphatic carbocycles. The van der Waals surface area contributed by atoms with E-state index in [0.717, 1.165) is 5.56 Å². The number of hydrogen-bond acceptors (Lipinski definition) is 8. The van der Waals surface area contributed by atoms with E-state index < -0.39 is 11.9 Å². The third kappa shape index (κ3) is 4.19. The molecule has 0 spiro atoms. The van der Waals surface area contributed by atoms with Crippen LogP contribution in [0.4, 0.5) is 11.6 Å². The summed E-state index contributed by atoms with van der Waals surface area (Å²) < 4.78 is 11.4. The zero-order valence-corrected chi connectivity index (χ0v) is 20.2. The Labute approximate surface area is 203 Å². The van der Waals surface area contributed by atoms with E-state index in [9.17, 15) is 9.90 Å². The van der Waals surface area contributed by atoms with E-state index in [4.69, 9.17) is 27.4 Å². The molecular weight excluding hydrogens is 508 g/mol. The lowest BCUT2D eigenvalue weighted by Gasteiger charge is -2.31. The summed E-state index contributed by atoms with van der Waals surface area (Å²) in [5.41, 5.74) is 9.16. The second-order valence-corrected chi connectivity index (χ2v) is 8.45. The Morgan fingerprint density at radius 2 is 2.03 bits per heavy atom. The fraction of sp³-hybridized carbons (Fsp3) is 0.174. The van der Waals surface area contributed by atoms with Crippen molar-refractivity contribution in [2.45, 2.75) is 12.8 Å². The van der Waals surface area contributed by atoms with E-state index in [-0.39, 0.29) is 28.7 Å². The number of hydrogen-bond donors (Lipinski definition) is 4. The monoisotopic (exact) mass is 528 g/mol. The predicted molar refractivity (Wildman–Crippen MR) is 132 cm³/mol. The molecule has 0 fully saturated rings. The largest absolute Gasteiger partial charge is 0.503 e. The summed E-state index contributed by atoms with van der Waals surface area (Å²) in [7, 11) is 1.45. The molecule has 4 rings (SSSR count). The summed E-state index contributed by atoms with van der Waals surface area (Å²) in [6, 6.07) is 12.8. The summed E-state index contributed by atoms with van der Waals surface area (Å²) in [5.74, 6) is -0.334. The van der Waals surface area contributed by atoms with E-state index in [0.29, 0.717) is 32.7 Å². The summed E-state index contributed by atoms with van der Waals surface area (Å²) in [4.78, 5) is 20.7. The van der Waals surface area contributed by atoms with E-state index in [1.165, 1.54) is 7.11 Å². The molecule has 0 saturated heterocycles. The van der Waals surface area contributed by atoms with E-state index in [2.05, 4.69) is 31.2 Å². The second-order valence-electron chi connectivity index (χ2n) is 7.20. The molecule has 3 aromatic rings. The number of fused-ring (bicyclic) bond motifs is 1. The minimum Gasteiger partial charge on any atom is -0.503 e. The molecule has 2 aromatic carbocycles. The fourth-order valence-electron chi connectivity index (χ4n) is 3.87. The van der Waals surface area contributed by atoms with Gasteiger partial charge in [-0.3, -0.25) is 0 Å². The molecule has 1 unspecified atom stereocenters. The molecule has 33 heavy (non-hydrogen) atoms. The van der Waals surface area contributed by atoms with Crippen LogP contribution >= 0.6 is 28.1 Å². The summed E-state index contributed by atoms with van der Waals surface area (Å²) in [6.07, 6.45) is 0. The quantitative estimate of drug-likeness (QED) is 0.277. The number of nitrogens with two attached hydrogens (primary N) is 1. The number of phenols is 1. The number of anilines is 2. The zero-order chi connectivity index (χ0) is 23.7. The minimum atomic E-state index is -0.694. The van der Waals surface area contributed by atoms with Crippen molar-refractivity contribution in [2.75, 3.05) is 24.8 Å². The third-order valence-corrected chi connectivity index (χ3v) is 6.05. The summed E-state index contributed by atoms with van der Waals surface area (Å²) >= 11 is 8.61. The molecule has 8 nitrogen and oxygen atoms in total. The number of carbonyl (C=O) groups is 1. The molecule has 1 aromatic heterocycles. The standard InChI is InChI=1S/C23H21BrN4O4S/c1-3-32-22(30)16-15(12-9-13(24)19(29)14(10-12)31-2)17-20(25)27-23(33)28-21(17)26-18(16)11-7-5-4-6-8-11/h4-10,15,29H,3H2,1-2H3,(H4,25,26,27,28,33). The van der Waals surface area contributed by atoms with Crippen molar-refractivity contribution in [1.82, 2.24) is 9.97 Å². The lowest BCUT2D eigenvalue weighted by molar-refractivity contribution is -0.138. The van der Waals surface area contributed by atoms with Crippen molar-refractivity contribution in [3.8, 4) is 11.5 Å². The van der Waals surface area contributed by atoms with Gasteiger partial charge in [-0.2, -0.15) is 0 Å². The number of rotatable bonds is 5. The number of halogens is 1. The van der Waals surface area contributed by atoms with Gasteiger partial charge in [0.15, 0.2) is 16.3 Å². The van der Waals surface area contributed by atoms with Gasteiger partial charge in [0.25, 0.3) is 0 Å². The number of H-pyrrole nitrogens is 1. The first kappa shape index (κ1) is 22.8. The van der Waals surface area contributed by atoms with Crippen LogP contribution < -0.4 is 15.8 Å². The SMILES string of the molecule is CCOC(=O)C1=C(c2ccccc2)Nc2nc(=S)[nH]c(N)c2C1c1cc(Br)c(O)c(OC)c1. The number of esters is 1. The normalized spacial score (nSPS) is 14.9. The maximum Gasteiger partial charge on any atom is 0.337 e. The molecule has 2 heterocycles. The maximum atomic E-state index is 13.4. The van der Waals surface area contributed by atoms with Gasteiger partial charge in [0, 0.05) is 5.56 Å².